The van der Waals surface area contributed by atoms with Crippen LogP contribution in [0.1, 0.15) is 51.4 Å². The predicted molar refractivity (Wildman–Crippen MR) is 94.7 cm³/mol. The molecule has 0 aromatic heterocycles. The SMILES string of the molecule is Cl.NC1C2CCCC1CC(C(=O)N1CCCC3(CNC(=O)C3)C1)C2. The van der Waals surface area contributed by atoms with E-state index in [9.17, 15) is 9.59 Å². The Bertz CT molecular complexity index is 500. The van der Waals surface area contributed by atoms with E-state index >= 15 is 0 Å². The van der Waals surface area contributed by atoms with Gasteiger partial charge in [-0.2, -0.15) is 0 Å². The molecule has 136 valence electrons. The zero-order valence-electron chi connectivity index (χ0n) is 14.3. The minimum absolute atomic E-state index is 0. The first kappa shape index (κ1) is 18.0. The summed E-state index contributed by atoms with van der Waals surface area (Å²) < 4.78 is 0. The van der Waals surface area contributed by atoms with Gasteiger partial charge >= 0.3 is 0 Å². The fourth-order valence-corrected chi connectivity index (χ4v) is 5.69. The van der Waals surface area contributed by atoms with E-state index in [-0.39, 0.29) is 29.6 Å². The van der Waals surface area contributed by atoms with Crippen molar-refractivity contribution in [2.75, 3.05) is 19.6 Å². The Morgan fingerprint density at radius 2 is 1.92 bits per heavy atom. The molecule has 1 spiro atoms. The molecule has 0 aromatic carbocycles. The van der Waals surface area contributed by atoms with E-state index in [4.69, 9.17) is 5.73 Å². The summed E-state index contributed by atoms with van der Waals surface area (Å²) in [6, 6.07) is 0.317. The highest BCUT2D eigenvalue weighted by atomic mass is 35.5. The van der Waals surface area contributed by atoms with Gasteiger partial charge in [0.1, 0.15) is 0 Å². The zero-order valence-corrected chi connectivity index (χ0v) is 15.2. The molecular weight excluding hydrogens is 326 g/mol. The molecule has 2 heterocycles. The van der Waals surface area contributed by atoms with Crippen LogP contribution >= 0.6 is 12.4 Å². The van der Waals surface area contributed by atoms with E-state index in [1.165, 1.54) is 19.3 Å². The summed E-state index contributed by atoms with van der Waals surface area (Å²) in [5, 5.41) is 2.96. The van der Waals surface area contributed by atoms with Crippen LogP contribution in [0.5, 0.6) is 0 Å². The van der Waals surface area contributed by atoms with E-state index in [1.54, 1.807) is 0 Å². The van der Waals surface area contributed by atoms with Crippen molar-refractivity contribution in [3.8, 4) is 0 Å². The predicted octanol–water partition coefficient (Wildman–Crippen LogP) is 1.69. The topological polar surface area (TPSA) is 75.4 Å². The Hall–Kier alpha value is -0.810. The number of piperidine rings is 1. The van der Waals surface area contributed by atoms with Crippen LogP contribution in [0.4, 0.5) is 0 Å². The molecule has 2 amide bonds. The van der Waals surface area contributed by atoms with Crippen LogP contribution < -0.4 is 11.1 Å². The molecule has 3 unspecified atom stereocenters. The van der Waals surface area contributed by atoms with Gasteiger partial charge in [-0.1, -0.05) is 6.42 Å². The van der Waals surface area contributed by atoms with Gasteiger partial charge in [0, 0.05) is 43.4 Å². The van der Waals surface area contributed by atoms with Gasteiger partial charge in [0.05, 0.1) is 0 Å². The average molecular weight is 356 g/mol. The summed E-state index contributed by atoms with van der Waals surface area (Å²) in [4.78, 5) is 26.8. The van der Waals surface area contributed by atoms with Gasteiger partial charge in [-0.25, -0.2) is 0 Å². The first-order valence-electron chi connectivity index (χ1n) is 9.37. The molecule has 6 heteroatoms. The molecular formula is C18H30ClN3O2. The number of amides is 2. The second kappa shape index (κ2) is 6.83. The summed E-state index contributed by atoms with van der Waals surface area (Å²) in [5.74, 6) is 1.75. The Morgan fingerprint density at radius 1 is 1.21 bits per heavy atom. The van der Waals surface area contributed by atoms with E-state index in [0.29, 0.717) is 30.2 Å². The van der Waals surface area contributed by atoms with Gasteiger partial charge < -0.3 is 16.0 Å². The quantitative estimate of drug-likeness (QED) is 0.751. The van der Waals surface area contributed by atoms with Crippen LogP contribution in [-0.4, -0.2) is 42.4 Å². The number of carbonyl (C=O) groups excluding carboxylic acids is 2. The van der Waals surface area contributed by atoms with Crippen molar-refractivity contribution in [2.45, 2.75) is 57.4 Å². The number of fused-ring (bicyclic) bond motifs is 2. The van der Waals surface area contributed by atoms with Crippen LogP contribution in [0.15, 0.2) is 0 Å². The third-order valence-electron chi connectivity index (χ3n) is 6.93. The number of halogens is 1. The minimum Gasteiger partial charge on any atom is -0.355 e. The lowest BCUT2D eigenvalue weighted by atomic mass is 9.64. The van der Waals surface area contributed by atoms with E-state index in [1.807, 2.05) is 0 Å². The summed E-state index contributed by atoms with van der Waals surface area (Å²) in [6.45, 7) is 2.38. The zero-order chi connectivity index (χ0) is 16.0. The largest absolute Gasteiger partial charge is 0.355 e. The molecule has 0 radical (unpaired) electrons. The molecule has 4 rings (SSSR count). The normalized spacial score (nSPS) is 41.7. The highest BCUT2D eigenvalue weighted by Gasteiger charge is 2.46. The highest BCUT2D eigenvalue weighted by Crippen LogP contribution is 2.43. The van der Waals surface area contributed by atoms with Crippen molar-refractivity contribution in [2.24, 2.45) is 28.9 Å². The molecule has 2 aliphatic carbocycles. The molecule has 0 aromatic rings. The lowest BCUT2D eigenvalue weighted by molar-refractivity contribution is -0.142. The maximum Gasteiger partial charge on any atom is 0.225 e. The maximum absolute atomic E-state index is 13.1. The van der Waals surface area contributed by atoms with Crippen molar-refractivity contribution in [3.05, 3.63) is 0 Å². The highest BCUT2D eigenvalue weighted by molar-refractivity contribution is 5.85. The summed E-state index contributed by atoms with van der Waals surface area (Å²) in [7, 11) is 0. The average Bonchev–Trinajstić information content (AvgIpc) is 2.86. The van der Waals surface area contributed by atoms with E-state index in [2.05, 4.69) is 10.2 Å². The molecule has 2 aliphatic heterocycles. The van der Waals surface area contributed by atoms with Gasteiger partial charge in [0.15, 0.2) is 0 Å². The van der Waals surface area contributed by atoms with E-state index < -0.39 is 0 Å². The fraction of sp³-hybridized carbons (Fsp3) is 0.889. The smallest absolute Gasteiger partial charge is 0.225 e. The van der Waals surface area contributed by atoms with Crippen molar-refractivity contribution >= 4 is 24.2 Å². The van der Waals surface area contributed by atoms with Gasteiger partial charge in [-0.05, 0) is 50.4 Å². The van der Waals surface area contributed by atoms with Crippen LogP contribution in [0, 0.1) is 23.2 Å². The lowest BCUT2D eigenvalue weighted by Gasteiger charge is -2.46. The van der Waals surface area contributed by atoms with Crippen LogP contribution in [0.3, 0.4) is 0 Å². The number of hydrogen-bond acceptors (Lipinski definition) is 3. The standard InChI is InChI=1S/C18H29N3O2.ClH/c19-16-12-3-1-4-13(16)8-14(7-12)17(23)21-6-2-5-18(11-21)9-15(22)20-10-18;/h12-14,16H,1-11,19H2,(H,20,22);1H. The Morgan fingerprint density at radius 3 is 2.54 bits per heavy atom. The summed E-state index contributed by atoms with van der Waals surface area (Å²) >= 11 is 0. The minimum atomic E-state index is 0. The molecule has 3 atom stereocenters. The van der Waals surface area contributed by atoms with Crippen molar-refractivity contribution in [1.82, 2.24) is 10.2 Å². The third-order valence-corrected chi connectivity index (χ3v) is 6.93. The number of rotatable bonds is 1. The number of carbonyl (C=O) groups is 2. The fourth-order valence-electron chi connectivity index (χ4n) is 5.69. The van der Waals surface area contributed by atoms with Crippen molar-refractivity contribution in [1.29, 1.82) is 0 Å². The second-order valence-electron chi connectivity index (χ2n) is 8.51. The number of hydrogen-bond donors (Lipinski definition) is 2. The third kappa shape index (κ3) is 3.17. The van der Waals surface area contributed by atoms with Gasteiger partial charge in [-0.3, -0.25) is 9.59 Å². The summed E-state index contributed by atoms with van der Waals surface area (Å²) in [6.07, 6.45) is 8.33. The molecule has 2 saturated carbocycles. The number of nitrogens with zero attached hydrogens (tertiary/aromatic N) is 1. The first-order chi connectivity index (χ1) is 11.1. The second-order valence-corrected chi connectivity index (χ2v) is 8.51. The monoisotopic (exact) mass is 355 g/mol. The number of likely N-dealkylation sites (tertiary alicyclic amines) is 1. The molecule has 4 fully saturated rings. The number of nitrogens with one attached hydrogen (secondary N) is 1. The first-order valence-corrected chi connectivity index (χ1v) is 9.37. The van der Waals surface area contributed by atoms with Gasteiger partial charge in [-0.15, -0.1) is 12.4 Å². The summed E-state index contributed by atoms with van der Waals surface area (Å²) in [5.41, 5.74) is 6.37. The van der Waals surface area contributed by atoms with Crippen LogP contribution in [0.2, 0.25) is 0 Å². The molecule has 3 N–H and O–H groups in total. The Balaban J connectivity index is 0.00000169. The molecule has 2 bridgehead atoms. The van der Waals surface area contributed by atoms with Crippen LogP contribution in [-0.2, 0) is 9.59 Å². The molecule has 2 saturated heterocycles. The molecule has 24 heavy (non-hydrogen) atoms. The maximum atomic E-state index is 13.1. The van der Waals surface area contributed by atoms with Crippen molar-refractivity contribution in [3.63, 3.8) is 0 Å². The van der Waals surface area contributed by atoms with Gasteiger partial charge in [0.25, 0.3) is 0 Å². The van der Waals surface area contributed by atoms with Gasteiger partial charge in [0.2, 0.25) is 11.8 Å². The lowest BCUT2D eigenvalue weighted by Crippen LogP contribution is -2.53. The molecule has 4 aliphatic rings. The number of nitrogens with two attached hydrogens (primary N) is 1. The van der Waals surface area contributed by atoms with E-state index in [0.717, 1.165) is 45.3 Å². The van der Waals surface area contributed by atoms with Crippen LogP contribution in [0.25, 0.3) is 0 Å². The Labute approximate surface area is 150 Å². The van der Waals surface area contributed by atoms with Crippen molar-refractivity contribution < 1.29 is 9.59 Å². The Kier molecular flexibility index (Phi) is 5.12. The molecule has 5 nitrogen and oxygen atoms in total.